The van der Waals surface area contributed by atoms with Gasteiger partial charge in [-0.25, -0.2) is 9.37 Å². The van der Waals surface area contributed by atoms with Crippen molar-refractivity contribution in [3.63, 3.8) is 0 Å². The van der Waals surface area contributed by atoms with Crippen LogP contribution in [0.25, 0.3) is 0 Å². The van der Waals surface area contributed by atoms with Gasteiger partial charge in [-0.2, -0.15) is 4.98 Å². The van der Waals surface area contributed by atoms with Crippen molar-refractivity contribution in [2.24, 2.45) is 0 Å². The van der Waals surface area contributed by atoms with Crippen molar-refractivity contribution < 1.29 is 4.39 Å². The number of piperazine rings is 1. The Morgan fingerprint density at radius 1 is 1.00 bits per heavy atom. The first kappa shape index (κ1) is 17.1. The first-order chi connectivity index (χ1) is 12.7. The van der Waals surface area contributed by atoms with Crippen LogP contribution in [0.3, 0.4) is 0 Å². The van der Waals surface area contributed by atoms with E-state index in [1.165, 1.54) is 19.0 Å². The molecule has 0 atom stereocenters. The van der Waals surface area contributed by atoms with Crippen molar-refractivity contribution >= 4 is 11.8 Å². The summed E-state index contributed by atoms with van der Waals surface area (Å²) in [6, 6.07) is 3.84. The van der Waals surface area contributed by atoms with Gasteiger partial charge in [0.1, 0.15) is 11.6 Å². The van der Waals surface area contributed by atoms with Crippen molar-refractivity contribution in [2.45, 2.75) is 26.3 Å². The number of hydrogen-bond donors (Lipinski definition) is 0. The van der Waals surface area contributed by atoms with E-state index in [9.17, 15) is 4.39 Å². The summed E-state index contributed by atoms with van der Waals surface area (Å²) in [6.45, 7) is 8.28. The van der Waals surface area contributed by atoms with Crippen LogP contribution in [0.1, 0.15) is 24.1 Å². The molecule has 2 aromatic rings. The molecule has 0 saturated carbocycles. The third-order valence-electron chi connectivity index (χ3n) is 5.16. The number of aromatic nitrogens is 3. The standard InChI is InChI=1S/C19H25FN6/c1-15-12-18(25-6-2-3-7-25)23-19(22-15)26-10-8-24(9-11-26)14-16-4-5-21-13-17(16)20/h4-5,12-13H,2-3,6-11,14H2,1H3. The van der Waals surface area contributed by atoms with Crippen molar-refractivity contribution in [3.05, 3.63) is 41.6 Å². The minimum atomic E-state index is -0.229. The van der Waals surface area contributed by atoms with Gasteiger partial charge in [-0.1, -0.05) is 0 Å². The van der Waals surface area contributed by atoms with Gasteiger partial charge < -0.3 is 9.80 Å². The van der Waals surface area contributed by atoms with Gasteiger partial charge in [0.25, 0.3) is 0 Å². The second-order valence-electron chi connectivity index (χ2n) is 7.09. The maximum atomic E-state index is 13.8. The van der Waals surface area contributed by atoms with Crippen molar-refractivity contribution in [1.82, 2.24) is 19.9 Å². The van der Waals surface area contributed by atoms with E-state index < -0.39 is 0 Å². The molecule has 2 aliphatic rings. The predicted molar refractivity (Wildman–Crippen MR) is 99.9 cm³/mol. The SMILES string of the molecule is Cc1cc(N2CCCC2)nc(N2CCN(Cc3ccncc3F)CC2)n1. The van der Waals surface area contributed by atoms with Crippen LogP contribution in [0.15, 0.2) is 24.5 Å². The molecule has 6 nitrogen and oxygen atoms in total. The fourth-order valence-corrected chi connectivity index (χ4v) is 3.67. The summed E-state index contributed by atoms with van der Waals surface area (Å²) in [5.74, 6) is 1.64. The van der Waals surface area contributed by atoms with Crippen LogP contribution in [0, 0.1) is 12.7 Å². The van der Waals surface area contributed by atoms with Gasteiger partial charge in [0, 0.05) is 69.3 Å². The maximum Gasteiger partial charge on any atom is 0.227 e. The maximum absolute atomic E-state index is 13.8. The molecule has 0 amide bonds. The van der Waals surface area contributed by atoms with Crippen molar-refractivity contribution in [1.29, 1.82) is 0 Å². The Labute approximate surface area is 153 Å². The summed E-state index contributed by atoms with van der Waals surface area (Å²) >= 11 is 0. The highest BCUT2D eigenvalue weighted by Gasteiger charge is 2.22. The summed E-state index contributed by atoms with van der Waals surface area (Å²) < 4.78 is 13.8. The van der Waals surface area contributed by atoms with E-state index in [4.69, 9.17) is 4.98 Å². The third-order valence-corrected chi connectivity index (χ3v) is 5.16. The summed E-state index contributed by atoms with van der Waals surface area (Å²) in [5.41, 5.74) is 1.72. The Hall–Kier alpha value is -2.28. The van der Waals surface area contributed by atoms with Crippen LogP contribution in [0.5, 0.6) is 0 Å². The highest BCUT2D eigenvalue weighted by molar-refractivity contribution is 5.46. The lowest BCUT2D eigenvalue weighted by atomic mass is 10.2. The largest absolute Gasteiger partial charge is 0.356 e. The van der Waals surface area contributed by atoms with E-state index in [0.29, 0.717) is 12.1 Å². The van der Waals surface area contributed by atoms with Gasteiger partial charge in [-0.15, -0.1) is 0 Å². The molecule has 0 aliphatic carbocycles. The Kier molecular flexibility index (Phi) is 4.97. The molecule has 4 heterocycles. The molecule has 2 fully saturated rings. The lowest BCUT2D eigenvalue weighted by Gasteiger charge is -2.35. The van der Waals surface area contributed by atoms with Gasteiger partial charge in [0.05, 0.1) is 6.20 Å². The second kappa shape index (κ2) is 7.53. The van der Waals surface area contributed by atoms with Crippen LogP contribution >= 0.6 is 0 Å². The third kappa shape index (κ3) is 3.77. The van der Waals surface area contributed by atoms with Gasteiger partial charge in [-0.05, 0) is 25.8 Å². The molecule has 138 valence electrons. The monoisotopic (exact) mass is 356 g/mol. The van der Waals surface area contributed by atoms with E-state index in [1.54, 1.807) is 12.3 Å². The van der Waals surface area contributed by atoms with Crippen LogP contribution in [-0.2, 0) is 6.54 Å². The first-order valence-corrected chi connectivity index (χ1v) is 9.35. The number of aryl methyl sites for hydroxylation is 1. The number of hydrogen-bond acceptors (Lipinski definition) is 6. The van der Waals surface area contributed by atoms with Crippen LogP contribution in [-0.4, -0.2) is 59.1 Å². The fourth-order valence-electron chi connectivity index (χ4n) is 3.67. The zero-order valence-corrected chi connectivity index (χ0v) is 15.2. The summed E-state index contributed by atoms with van der Waals surface area (Å²) in [7, 11) is 0. The second-order valence-corrected chi connectivity index (χ2v) is 7.09. The molecule has 4 rings (SSSR count). The Morgan fingerprint density at radius 3 is 2.50 bits per heavy atom. The molecule has 0 spiro atoms. The van der Waals surface area contributed by atoms with E-state index in [-0.39, 0.29) is 5.82 Å². The topological polar surface area (TPSA) is 48.4 Å². The molecule has 0 bridgehead atoms. The van der Waals surface area contributed by atoms with Gasteiger partial charge in [-0.3, -0.25) is 9.88 Å². The van der Waals surface area contributed by atoms with E-state index in [1.807, 2.05) is 6.92 Å². The molecule has 2 aliphatic heterocycles. The molecular formula is C19H25FN6. The number of nitrogens with zero attached hydrogens (tertiary/aromatic N) is 6. The molecule has 0 aromatic carbocycles. The lowest BCUT2D eigenvalue weighted by Crippen LogP contribution is -2.46. The highest BCUT2D eigenvalue weighted by atomic mass is 19.1. The molecule has 2 saturated heterocycles. The Balaban J connectivity index is 1.41. The smallest absolute Gasteiger partial charge is 0.227 e. The molecule has 0 N–H and O–H groups in total. The van der Waals surface area contributed by atoms with Crippen LogP contribution in [0.4, 0.5) is 16.2 Å². The van der Waals surface area contributed by atoms with E-state index in [2.05, 4.69) is 30.7 Å². The Bertz CT molecular complexity index is 753. The van der Waals surface area contributed by atoms with Gasteiger partial charge >= 0.3 is 0 Å². The first-order valence-electron chi connectivity index (χ1n) is 9.35. The molecule has 7 heteroatoms. The normalized spacial score (nSPS) is 18.5. The minimum Gasteiger partial charge on any atom is -0.356 e. The average Bonchev–Trinajstić information content (AvgIpc) is 3.19. The lowest BCUT2D eigenvalue weighted by molar-refractivity contribution is 0.245. The molecule has 0 unspecified atom stereocenters. The highest BCUT2D eigenvalue weighted by Crippen LogP contribution is 2.22. The molecule has 26 heavy (non-hydrogen) atoms. The quantitative estimate of drug-likeness (QED) is 0.837. The predicted octanol–water partition coefficient (Wildman–Crippen LogP) is 2.24. The number of halogens is 1. The van der Waals surface area contributed by atoms with Gasteiger partial charge in [0.2, 0.25) is 5.95 Å². The summed E-state index contributed by atoms with van der Waals surface area (Å²) in [5, 5.41) is 0. The van der Waals surface area contributed by atoms with E-state index in [0.717, 1.165) is 56.7 Å². The van der Waals surface area contributed by atoms with Crippen molar-refractivity contribution in [3.8, 4) is 0 Å². The summed E-state index contributed by atoms with van der Waals surface area (Å²) in [4.78, 5) is 20.1. The summed E-state index contributed by atoms with van der Waals surface area (Å²) in [6.07, 6.45) is 5.41. The minimum absolute atomic E-state index is 0.229. The van der Waals surface area contributed by atoms with Crippen LogP contribution < -0.4 is 9.80 Å². The number of rotatable bonds is 4. The molecule has 2 aromatic heterocycles. The zero-order chi connectivity index (χ0) is 17.9. The van der Waals surface area contributed by atoms with Gasteiger partial charge in [0.15, 0.2) is 0 Å². The fraction of sp³-hybridized carbons (Fsp3) is 0.526. The van der Waals surface area contributed by atoms with Crippen LogP contribution in [0.2, 0.25) is 0 Å². The Morgan fingerprint density at radius 2 is 1.77 bits per heavy atom. The average molecular weight is 356 g/mol. The van der Waals surface area contributed by atoms with E-state index >= 15 is 0 Å². The molecule has 0 radical (unpaired) electrons. The number of pyridine rings is 1. The van der Waals surface area contributed by atoms with Crippen molar-refractivity contribution in [2.75, 3.05) is 49.1 Å². The molecular weight excluding hydrogens is 331 g/mol. The number of anilines is 2. The zero-order valence-electron chi connectivity index (χ0n) is 15.2.